The Morgan fingerprint density at radius 2 is 2.10 bits per heavy atom. The van der Waals surface area contributed by atoms with Gasteiger partial charge in [-0.3, -0.25) is 0 Å². The number of hydrogen-bond acceptors (Lipinski definition) is 3. The molecule has 2 aliphatic rings. The molecule has 1 N–H and O–H groups in total. The molecule has 0 bridgehead atoms. The fourth-order valence-corrected chi connectivity index (χ4v) is 3.02. The van der Waals surface area contributed by atoms with Gasteiger partial charge in [0.1, 0.15) is 6.61 Å². The fourth-order valence-electron chi connectivity index (χ4n) is 3.02. The lowest BCUT2D eigenvalue weighted by Gasteiger charge is -2.27. The Kier molecular flexibility index (Phi) is 3.42. The maximum Gasteiger partial charge on any atom is 0.410 e. The number of aliphatic hydroxyl groups is 1. The van der Waals surface area contributed by atoms with Crippen LogP contribution in [0.25, 0.3) is 0 Å². The third-order valence-electron chi connectivity index (χ3n) is 4.33. The van der Waals surface area contributed by atoms with E-state index in [2.05, 4.69) is 6.92 Å². The predicted molar refractivity (Wildman–Crippen MR) is 75.1 cm³/mol. The first kappa shape index (κ1) is 13.4. The zero-order valence-corrected chi connectivity index (χ0v) is 11.8. The Morgan fingerprint density at radius 1 is 1.40 bits per heavy atom. The van der Waals surface area contributed by atoms with Gasteiger partial charge in [-0.1, -0.05) is 37.3 Å². The molecule has 0 unspecified atom stereocenters. The van der Waals surface area contributed by atoms with Crippen LogP contribution in [-0.4, -0.2) is 34.3 Å². The van der Waals surface area contributed by atoms with Gasteiger partial charge in [-0.2, -0.15) is 0 Å². The number of likely N-dealkylation sites (tertiary alicyclic amines) is 1. The highest BCUT2D eigenvalue weighted by Gasteiger charge is 2.54. The summed E-state index contributed by atoms with van der Waals surface area (Å²) in [7, 11) is 0. The zero-order valence-electron chi connectivity index (χ0n) is 11.8. The molecule has 1 aromatic rings. The van der Waals surface area contributed by atoms with Crippen molar-refractivity contribution in [1.82, 2.24) is 4.90 Å². The van der Waals surface area contributed by atoms with Gasteiger partial charge in [0.05, 0.1) is 11.6 Å². The van der Waals surface area contributed by atoms with Crippen LogP contribution in [0.4, 0.5) is 4.79 Å². The van der Waals surface area contributed by atoms with E-state index in [-0.39, 0.29) is 18.7 Å². The van der Waals surface area contributed by atoms with E-state index in [9.17, 15) is 9.90 Å². The number of rotatable bonds is 3. The first-order valence-corrected chi connectivity index (χ1v) is 7.28. The number of ether oxygens (including phenoxy) is 1. The molecular formula is C16H21NO3. The average molecular weight is 275 g/mol. The maximum absolute atomic E-state index is 12.2. The van der Waals surface area contributed by atoms with Crippen LogP contribution in [0.5, 0.6) is 0 Å². The summed E-state index contributed by atoms with van der Waals surface area (Å²) >= 11 is 0. The number of benzene rings is 1. The van der Waals surface area contributed by atoms with Crippen LogP contribution < -0.4 is 0 Å². The van der Waals surface area contributed by atoms with Crippen molar-refractivity contribution in [2.24, 2.45) is 5.92 Å². The predicted octanol–water partition coefficient (Wildman–Crippen LogP) is 2.56. The topological polar surface area (TPSA) is 49.8 Å². The van der Waals surface area contributed by atoms with Gasteiger partial charge in [0, 0.05) is 6.54 Å². The molecule has 20 heavy (non-hydrogen) atoms. The number of carbonyl (C=O) groups excluding carboxylic acids is 1. The molecule has 0 spiro atoms. The molecule has 1 heterocycles. The Labute approximate surface area is 119 Å². The van der Waals surface area contributed by atoms with E-state index in [1.165, 1.54) is 0 Å². The van der Waals surface area contributed by atoms with Gasteiger partial charge in [-0.15, -0.1) is 0 Å². The normalized spacial score (nSPS) is 27.4. The second kappa shape index (κ2) is 5.09. The lowest BCUT2D eigenvalue weighted by molar-refractivity contribution is 0.0351. The molecule has 1 saturated heterocycles. The van der Waals surface area contributed by atoms with Gasteiger partial charge < -0.3 is 14.7 Å². The first-order valence-electron chi connectivity index (χ1n) is 7.28. The van der Waals surface area contributed by atoms with Crippen molar-refractivity contribution in [3.63, 3.8) is 0 Å². The van der Waals surface area contributed by atoms with E-state index in [1.807, 2.05) is 30.3 Å². The van der Waals surface area contributed by atoms with Gasteiger partial charge in [-0.25, -0.2) is 4.79 Å². The molecule has 2 atom stereocenters. The molecule has 0 aromatic heterocycles. The van der Waals surface area contributed by atoms with Crippen molar-refractivity contribution in [3.05, 3.63) is 35.9 Å². The lowest BCUT2D eigenvalue weighted by Crippen LogP contribution is -2.44. The fraction of sp³-hybridized carbons (Fsp3) is 0.562. The minimum Gasteiger partial charge on any atom is -0.445 e. The molecule has 3 rings (SSSR count). The quantitative estimate of drug-likeness (QED) is 0.922. The van der Waals surface area contributed by atoms with Crippen molar-refractivity contribution in [2.75, 3.05) is 6.54 Å². The number of hydrogen-bond donors (Lipinski definition) is 1. The summed E-state index contributed by atoms with van der Waals surface area (Å²) in [4.78, 5) is 14.0. The van der Waals surface area contributed by atoms with Crippen LogP contribution in [0.1, 0.15) is 31.7 Å². The second-order valence-electron chi connectivity index (χ2n) is 6.15. The van der Waals surface area contributed by atoms with E-state index in [1.54, 1.807) is 4.90 Å². The molecule has 4 nitrogen and oxygen atoms in total. The van der Waals surface area contributed by atoms with Crippen molar-refractivity contribution >= 4 is 6.09 Å². The number of nitrogens with zero attached hydrogens (tertiary/aromatic N) is 1. The molecule has 2 fully saturated rings. The van der Waals surface area contributed by atoms with Crippen LogP contribution in [0, 0.1) is 5.92 Å². The molecule has 1 saturated carbocycles. The van der Waals surface area contributed by atoms with Gasteiger partial charge in [0.25, 0.3) is 0 Å². The molecule has 1 aromatic carbocycles. The van der Waals surface area contributed by atoms with Crippen LogP contribution in [-0.2, 0) is 11.3 Å². The van der Waals surface area contributed by atoms with Crippen molar-refractivity contribution in [3.8, 4) is 0 Å². The first-order chi connectivity index (χ1) is 9.58. The standard InChI is InChI=1S/C16H21NO3/c1-12-9-14(16(19)7-8-16)17(10-12)15(18)20-11-13-5-3-2-4-6-13/h2-6,12,14,19H,7-11H2,1H3/t12-,14-/m0/s1. The Bertz CT molecular complexity index is 484. The summed E-state index contributed by atoms with van der Waals surface area (Å²) in [6.45, 7) is 3.08. The summed E-state index contributed by atoms with van der Waals surface area (Å²) in [6.07, 6.45) is 2.17. The van der Waals surface area contributed by atoms with Crippen LogP contribution in [0.15, 0.2) is 30.3 Å². The minimum absolute atomic E-state index is 0.0687. The van der Waals surface area contributed by atoms with Gasteiger partial charge >= 0.3 is 6.09 Å². The summed E-state index contributed by atoms with van der Waals surface area (Å²) in [5.74, 6) is 0.425. The summed E-state index contributed by atoms with van der Waals surface area (Å²) in [5, 5.41) is 10.3. The van der Waals surface area contributed by atoms with E-state index < -0.39 is 5.60 Å². The Balaban J connectivity index is 1.61. The van der Waals surface area contributed by atoms with Crippen LogP contribution in [0.3, 0.4) is 0 Å². The third-order valence-corrected chi connectivity index (χ3v) is 4.33. The largest absolute Gasteiger partial charge is 0.445 e. The smallest absolute Gasteiger partial charge is 0.410 e. The Morgan fingerprint density at radius 3 is 2.75 bits per heavy atom. The van der Waals surface area contributed by atoms with Crippen LogP contribution in [0.2, 0.25) is 0 Å². The molecule has 0 radical (unpaired) electrons. The van der Waals surface area contributed by atoms with E-state index >= 15 is 0 Å². The average Bonchev–Trinajstić information content (AvgIpc) is 3.07. The van der Waals surface area contributed by atoms with E-state index in [0.717, 1.165) is 24.8 Å². The van der Waals surface area contributed by atoms with Crippen molar-refractivity contribution in [1.29, 1.82) is 0 Å². The summed E-state index contributed by atoms with van der Waals surface area (Å²) in [5.41, 5.74) is 0.325. The molecule has 1 amide bonds. The van der Waals surface area contributed by atoms with Gasteiger partial charge in [-0.05, 0) is 30.7 Å². The highest BCUT2D eigenvalue weighted by molar-refractivity contribution is 5.69. The SMILES string of the molecule is C[C@H]1C[C@@H](C2(O)CC2)N(C(=O)OCc2ccccc2)C1. The summed E-state index contributed by atoms with van der Waals surface area (Å²) < 4.78 is 5.39. The van der Waals surface area contributed by atoms with Gasteiger partial charge in [0.2, 0.25) is 0 Å². The molecule has 108 valence electrons. The molecule has 4 heteroatoms. The minimum atomic E-state index is -0.656. The lowest BCUT2D eigenvalue weighted by atomic mass is 10.0. The van der Waals surface area contributed by atoms with Crippen molar-refractivity contribution < 1.29 is 14.6 Å². The molecular weight excluding hydrogens is 254 g/mol. The summed E-state index contributed by atoms with van der Waals surface area (Å²) in [6, 6.07) is 9.60. The number of carbonyl (C=O) groups is 1. The van der Waals surface area contributed by atoms with Gasteiger partial charge in [0.15, 0.2) is 0 Å². The zero-order chi connectivity index (χ0) is 14.2. The van der Waals surface area contributed by atoms with E-state index in [0.29, 0.717) is 12.5 Å². The maximum atomic E-state index is 12.2. The van der Waals surface area contributed by atoms with E-state index in [4.69, 9.17) is 4.74 Å². The molecule has 1 aliphatic carbocycles. The molecule has 1 aliphatic heterocycles. The number of amides is 1. The monoisotopic (exact) mass is 275 g/mol. The second-order valence-corrected chi connectivity index (χ2v) is 6.15. The van der Waals surface area contributed by atoms with Crippen molar-refractivity contribution in [2.45, 2.75) is 44.4 Å². The third kappa shape index (κ3) is 2.66. The highest BCUT2D eigenvalue weighted by atomic mass is 16.6. The highest BCUT2D eigenvalue weighted by Crippen LogP contribution is 2.45. The van der Waals surface area contributed by atoms with Crippen LogP contribution >= 0.6 is 0 Å². The Hall–Kier alpha value is -1.55.